The predicted molar refractivity (Wildman–Crippen MR) is 63.9 cm³/mol. The molecule has 0 aliphatic rings. The molecule has 0 saturated carbocycles. The molecular formula is C12H16N4O. The lowest BCUT2D eigenvalue weighted by Crippen LogP contribution is -2.06. The van der Waals surface area contributed by atoms with E-state index in [9.17, 15) is 4.79 Å². The van der Waals surface area contributed by atoms with Crippen LogP contribution in [0, 0.1) is 13.8 Å². The number of rotatable bonds is 5. The van der Waals surface area contributed by atoms with Crippen LogP contribution in [-0.2, 0) is 13.1 Å². The number of carbonyl (C=O) groups is 1. The Balaban J connectivity index is 1.97. The van der Waals surface area contributed by atoms with E-state index in [0.29, 0.717) is 5.56 Å². The topological polar surface area (TPSA) is 52.7 Å². The SMILES string of the molecule is Cc1nn(CCCn2ccnc2)c(C)c1C=O. The van der Waals surface area contributed by atoms with Gasteiger partial charge in [0.1, 0.15) is 0 Å². The Kier molecular flexibility index (Phi) is 3.37. The zero-order chi connectivity index (χ0) is 12.3. The zero-order valence-corrected chi connectivity index (χ0v) is 10.1. The fourth-order valence-corrected chi connectivity index (χ4v) is 1.92. The van der Waals surface area contributed by atoms with Crippen LogP contribution < -0.4 is 0 Å². The lowest BCUT2D eigenvalue weighted by atomic mass is 10.2. The Morgan fingerprint density at radius 2 is 2.18 bits per heavy atom. The molecule has 5 heteroatoms. The van der Waals surface area contributed by atoms with Crippen molar-refractivity contribution < 1.29 is 4.79 Å². The monoisotopic (exact) mass is 232 g/mol. The first-order valence-corrected chi connectivity index (χ1v) is 5.67. The number of aryl methyl sites for hydroxylation is 3. The van der Waals surface area contributed by atoms with Gasteiger partial charge in [-0.05, 0) is 20.3 Å². The quantitative estimate of drug-likeness (QED) is 0.736. The highest BCUT2D eigenvalue weighted by atomic mass is 16.1. The van der Waals surface area contributed by atoms with Gasteiger partial charge >= 0.3 is 0 Å². The molecule has 0 N–H and O–H groups in total. The minimum absolute atomic E-state index is 0.715. The number of aldehydes is 1. The average Bonchev–Trinajstić information content (AvgIpc) is 2.89. The van der Waals surface area contributed by atoms with E-state index in [2.05, 4.69) is 10.1 Å². The van der Waals surface area contributed by atoms with E-state index in [1.807, 2.05) is 29.3 Å². The third kappa shape index (κ3) is 2.43. The van der Waals surface area contributed by atoms with Crippen molar-refractivity contribution >= 4 is 6.29 Å². The molecule has 0 aliphatic carbocycles. The second-order valence-electron chi connectivity index (χ2n) is 4.08. The van der Waals surface area contributed by atoms with Crippen LogP contribution in [0.5, 0.6) is 0 Å². The van der Waals surface area contributed by atoms with E-state index in [-0.39, 0.29) is 0 Å². The lowest BCUT2D eigenvalue weighted by Gasteiger charge is -2.05. The Hall–Kier alpha value is -1.91. The second-order valence-corrected chi connectivity index (χ2v) is 4.08. The molecule has 0 spiro atoms. The Morgan fingerprint density at radius 3 is 2.76 bits per heavy atom. The van der Waals surface area contributed by atoms with Crippen LogP contribution in [0.25, 0.3) is 0 Å². The molecule has 0 radical (unpaired) electrons. The molecule has 0 amide bonds. The summed E-state index contributed by atoms with van der Waals surface area (Å²) in [7, 11) is 0. The second kappa shape index (κ2) is 4.95. The molecule has 0 atom stereocenters. The van der Waals surface area contributed by atoms with Gasteiger partial charge < -0.3 is 4.57 Å². The van der Waals surface area contributed by atoms with Gasteiger partial charge in [-0.15, -0.1) is 0 Å². The van der Waals surface area contributed by atoms with Gasteiger partial charge in [0.15, 0.2) is 6.29 Å². The first-order valence-electron chi connectivity index (χ1n) is 5.67. The third-order valence-corrected chi connectivity index (χ3v) is 2.90. The largest absolute Gasteiger partial charge is 0.337 e. The molecule has 0 saturated heterocycles. The highest BCUT2D eigenvalue weighted by Crippen LogP contribution is 2.10. The van der Waals surface area contributed by atoms with Gasteiger partial charge in [0.05, 0.1) is 17.6 Å². The number of hydrogen-bond acceptors (Lipinski definition) is 3. The molecular weight excluding hydrogens is 216 g/mol. The number of imidazole rings is 1. The Labute approximate surface area is 100 Å². The molecule has 0 unspecified atom stereocenters. The summed E-state index contributed by atoms with van der Waals surface area (Å²) >= 11 is 0. The molecule has 5 nitrogen and oxygen atoms in total. The number of aromatic nitrogens is 4. The van der Waals surface area contributed by atoms with Crippen molar-refractivity contribution in [2.24, 2.45) is 0 Å². The summed E-state index contributed by atoms with van der Waals surface area (Å²) in [5, 5.41) is 4.36. The third-order valence-electron chi connectivity index (χ3n) is 2.90. The van der Waals surface area contributed by atoms with Crippen LogP contribution in [-0.4, -0.2) is 25.6 Å². The standard InChI is InChI=1S/C12H16N4O/c1-10-12(8-17)11(2)16(14-10)6-3-5-15-7-4-13-9-15/h4,7-9H,3,5-6H2,1-2H3. The van der Waals surface area contributed by atoms with Crippen LogP contribution in [0.15, 0.2) is 18.7 Å². The first-order chi connectivity index (χ1) is 8.22. The number of nitrogens with zero attached hydrogens (tertiary/aromatic N) is 4. The maximum atomic E-state index is 10.9. The Morgan fingerprint density at radius 1 is 1.35 bits per heavy atom. The summed E-state index contributed by atoms with van der Waals surface area (Å²) in [6.07, 6.45) is 7.37. The van der Waals surface area contributed by atoms with Gasteiger partial charge in [-0.3, -0.25) is 9.48 Å². The highest BCUT2D eigenvalue weighted by Gasteiger charge is 2.09. The van der Waals surface area contributed by atoms with Crippen molar-refractivity contribution in [2.45, 2.75) is 33.4 Å². The van der Waals surface area contributed by atoms with Crippen LogP contribution in [0.1, 0.15) is 28.2 Å². The summed E-state index contributed by atoms with van der Waals surface area (Å²) in [6, 6.07) is 0. The molecule has 0 aromatic carbocycles. The molecule has 2 aromatic heterocycles. The Bertz CT molecular complexity index is 499. The summed E-state index contributed by atoms with van der Waals surface area (Å²) < 4.78 is 3.93. The normalized spacial score (nSPS) is 10.7. The van der Waals surface area contributed by atoms with E-state index in [0.717, 1.165) is 37.2 Å². The number of carbonyl (C=O) groups excluding carboxylic acids is 1. The molecule has 2 heterocycles. The van der Waals surface area contributed by atoms with Crippen LogP contribution >= 0.6 is 0 Å². The predicted octanol–water partition coefficient (Wildman–Crippen LogP) is 1.60. The van der Waals surface area contributed by atoms with Gasteiger partial charge in [0, 0.05) is 31.2 Å². The highest BCUT2D eigenvalue weighted by molar-refractivity contribution is 5.77. The van der Waals surface area contributed by atoms with Crippen molar-refractivity contribution in [3.8, 4) is 0 Å². The molecule has 0 fully saturated rings. The van der Waals surface area contributed by atoms with Crippen molar-refractivity contribution in [3.63, 3.8) is 0 Å². The fraction of sp³-hybridized carbons (Fsp3) is 0.417. The first kappa shape index (κ1) is 11.6. The minimum Gasteiger partial charge on any atom is -0.337 e. The van der Waals surface area contributed by atoms with Gasteiger partial charge in [-0.25, -0.2) is 4.98 Å². The van der Waals surface area contributed by atoms with Gasteiger partial charge in [-0.2, -0.15) is 5.10 Å². The average molecular weight is 232 g/mol. The summed E-state index contributed by atoms with van der Waals surface area (Å²) in [5.41, 5.74) is 2.47. The lowest BCUT2D eigenvalue weighted by molar-refractivity contribution is 0.112. The fourth-order valence-electron chi connectivity index (χ4n) is 1.92. The van der Waals surface area contributed by atoms with Crippen molar-refractivity contribution in [3.05, 3.63) is 35.7 Å². The molecule has 17 heavy (non-hydrogen) atoms. The summed E-state index contributed by atoms with van der Waals surface area (Å²) in [6.45, 7) is 5.53. The van der Waals surface area contributed by atoms with Crippen molar-refractivity contribution in [2.75, 3.05) is 0 Å². The van der Waals surface area contributed by atoms with Gasteiger partial charge in [0.2, 0.25) is 0 Å². The van der Waals surface area contributed by atoms with Crippen LogP contribution in [0.2, 0.25) is 0 Å². The summed E-state index contributed by atoms with van der Waals surface area (Å²) in [5.74, 6) is 0. The molecule has 2 rings (SSSR count). The van der Waals surface area contributed by atoms with E-state index in [1.165, 1.54) is 0 Å². The smallest absolute Gasteiger partial charge is 0.153 e. The maximum absolute atomic E-state index is 10.9. The van der Waals surface area contributed by atoms with Gasteiger partial charge in [-0.1, -0.05) is 0 Å². The molecule has 0 bridgehead atoms. The zero-order valence-electron chi connectivity index (χ0n) is 10.1. The van der Waals surface area contributed by atoms with Crippen molar-refractivity contribution in [1.82, 2.24) is 19.3 Å². The van der Waals surface area contributed by atoms with E-state index >= 15 is 0 Å². The molecule has 2 aromatic rings. The van der Waals surface area contributed by atoms with E-state index < -0.39 is 0 Å². The molecule has 90 valence electrons. The van der Waals surface area contributed by atoms with Crippen LogP contribution in [0.4, 0.5) is 0 Å². The maximum Gasteiger partial charge on any atom is 0.153 e. The van der Waals surface area contributed by atoms with Crippen LogP contribution in [0.3, 0.4) is 0 Å². The molecule has 0 aliphatic heterocycles. The minimum atomic E-state index is 0.715. The van der Waals surface area contributed by atoms with Crippen molar-refractivity contribution in [1.29, 1.82) is 0 Å². The number of hydrogen-bond donors (Lipinski definition) is 0. The van der Waals surface area contributed by atoms with Gasteiger partial charge in [0.25, 0.3) is 0 Å². The van der Waals surface area contributed by atoms with E-state index in [4.69, 9.17) is 0 Å². The summed E-state index contributed by atoms with van der Waals surface area (Å²) in [4.78, 5) is 14.8. The van der Waals surface area contributed by atoms with E-state index in [1.54, 1.807) is 12.5 Å².